The molecule has 0 radical (unpaired) electrons. The van der Waals surface area contributed by atoms with Gasteiger partial charge in [-0.05, 0) is 203 Å². The predicted molar refractivity (Wildman–Crippen MR) is 470 cm³/mol. The zero-order valence-corrected chi connectivity index (χ0v) is 74.7. The summed E-state index contributed by atoms with van der Waals surface area (Å²) in [6.45, 7) is 54.7. The number of hydrogen-bond donors (Lipinski definition) is 5. The number of halogens is 6. The van der Waals surface area contributed by atoms with Crippen LogP contribution in [0.2, 0.25) is 0 Å². The predicted octanol–water partition coefficient (Wildman–Crippen LogP) is 26.5. The van der Waals surface area contributed by atoms with E-state index < -0.39 is 61.8 Å². The van der Waals surface area contributed by atoms with Crippen LogP contribution in [0.15, 0.2) is 168 Å². The summed E-state index contributed by atoms with van der Waals surface area (Å²) in [5.41, 5.74) is 16.8. The van der Waals surface area contributed by atoms with Gasteiger partial charge >= 0.3 is 30.1 Å². The topological polar surface area (TPSA) is 206 Å². The van der Waals surface area contributed by atoms with Crippen LogP contribution in [-0.2, 0) is 40.8 Å². The highest BCUT2D eigenvalue weighted by atomic mass is 19.4. The molecule has 0 fully saturated rings. The van der Waals surface area contributed by atoms with Gasteiger partial charge in [0.15, 0.2) is 6.61 Å². The maximum Gasteiger partial charge on any atom is 0.422 e. The van der Waals surface area contributed by atoms with Gasteiger partial charge < -0.3 is 44.5 Å². The first-order chi connectivity index (χ1) is 53.9. The Kier molecular flexibility index (Phi) is 44.1. The van der Waals surface area contributed by atoms with Crippen molar-refractivity contribution in [3.05, 3.63) is 235 Å². The zero-order valence-electron chi connectivity index (χ0n) is 74.7. The minimum atomic E-state index is -4.45. The van der Waals surface area contributed by atoms with E-state index in [1.165, 1.54) is 23.3 Å². The lowest BCUT2D eigenvalue weighted by molar-refractivity contribution is -0.153. The van der Waals surface area contributed by atoms with Crippen LogP contribution in [0.1, 0.15) is 297 Å². The number of aliphatic hydroxyl groups is 1. The third kappa shape index (κ3) is 39.5. The monoisotopic (exact) mass is 1630 g/mol. The molecule has 0 saturated carbocycles. The number of carboxylic acid groups (broad SMARTS) is 4. The number of hydrogen-bond acceptors (Lipinski definition) is 9. The maximum atomic E-state index is 13.0. The lowest BCUT2D eigenvalue weighted by Crippen LogP contribution is -2.23. The van der Waals surface area contributed by atoms with Crippen molar-refractivity contribution in [1.82, 2.24) is 0 Å². The molecule has 0 atom stereocenters. The van der Waals surface area contributed by atoms with E-state index in [1.54, 1.807) is 77.2 Å². The molecular formula is C98H134F6O13. The highest BCUT2D eigenvalue weighted by Crippen LogP contribution is 2.45. The number of allylic oxidation sites excluding steroid dienone is 20. The Hall–Kier alpha value is -9.62. The molecule has 0 bridgehead atoms. The van der Waals surface area contributed by atoms with Crippen molar-refractivity contribution < 1.29 is 90.0 Å². The molecule has 13 nitrogen and oxygen atoms in total. The van der Waals surface area contributed by atoms with E-state index in [2.05, 4.69) is 100 Å². The van der Waals surface area contributed by atoms with Crippen molar-refractivity contribution in [2.75, 3.05) is 39.7 Å². The van der Waals surface area contributed by atoms with Crippen LogP contribution in [0.3, 0.4) is 0 Å². The summed E-state index contributed by atoms with van der Waals surface area (Å²) in [6, 6.07) is 16.6. The van der Waals surface area contributed by atoms with E-state index >= 15 is 0 Å². The molecule has 5 N–H and O–H groups in total. The second-order valence-corrected chi connectivity index (χ2v) is 34.6. The molecule has 117 heavy (non-hydrogen) atoms. The van der Waals surface area contributed by atoms with E-state index in [0.717, 1.165) is 84.9 Å². The molecule has 0 heterocycles. The van der Waals surface area contributed by atoms with Gasteiger partial charge in [0.1, 0.15) is 29.6 Å². The van der Waals surface area contributed by atoms with E-state index in [9.17, 15) is 45.5 Å². The van der Waals surface area contributed by atoms with Crippen LogP contribution in [-0.4, -0.2) is 102 Å². The van der Waals surface area contributed by atoms with Crippen molar-refractivity contribution in [3.8, 4) is 23.0 Å². The quantitative estimate of drug-likeness (QED) is 0.0130. The van der Waals surface area contributed by atoms with Crippen molar-refractivity contribution in [3.63, 3.8) is 0 Å². The molecule has 4 aromatic rings. The SMILES string of the molecule is C/C(=C/C=C/C(C)=C/C(=O)O)c1cc(C(C)(C)C)cc(C(C)(C)C)c1OCC(F)(F)F.C/C(=C/C=C/C(C)=C/C(=O)O)c1cc(C(C)(C)C)cc(C(C)(C)C)c1OCC(F)F.C/C(=C/C=C/C(C)=C/C(=O)O)c1cc(C(C)C)cc(C(C)C)c1OCCCF.C/C(=C/C=C/C(C)=C/C(=O)O)c1cc(C(C)C)cc(C(C)C)c1OCCCO. The van der Waals surface area contributed by atoms with Crippen LogP contribution in [0.4, 0.5) is 26.3 Å². The van der Waals surface area contributed by atoms with Gasteiger partial charge in [0.25, 0.3) is 6.43 Å². The largest absolute Gasteiger partial charge is 0.493 e. The standard InChI is InChI=1S/C25H33F3O3.C25H34F2O3.C24H33FO3.C24H34O4/c1-16(12-21(29)30)10-9-11-17(2)19-13-18(23(3,4)5)14-20(24(6,7)8)22(19)31-15-25(26,27)28;1-16(12-22(28)29)10-9-11-17(2)19-13-18(24(3,4)5)14-20(25(6,7)8)23(19)30-15-21(26)27;2*1-16(2)20-14-21(17(3)4)24(28-12-8-11-25)22(15-20)19(6)10-7-9-18(5)13-23(26)27/h9-14H,15H2,1-8H3,(H,29,30);9-14,21H,15H2,1-8H3,(H,28,29);7,9-10,13-17H,8,11-12H2,1-6H3,(H,26,27);7,9-10,13-17,25H,8,11-12H2,1-6H3,(H,26,27)/b2*10-9+,16-12+,17-11-;2*9-7+,18-13+,19-10-. The molecule has 4 aromatic carbocycles. The second kappa shape index (κ2) is 48.9. The number of aliphatic carboxylic acids is 4. The van der Waals surface area contributed by atoms with E-state index in [0.29, 0.717) is 88.6 Å². The fraction of sp³-hybridized carbons (Fsp3) is 0.469. The molecule has 0 aliphatic carbocycles. The molecular weight excluding hydrogens is 1500 g/mol. The molecule has 0 spiro atoms. The van der Waals surface area contributed by atoms with Gasteiger partial charge in [-0.3, -0.25) is 4.39 Å². The number of aliphatic hydroxyl groups excluding tert-OH is 1. The molecule has 0 aliphatic heterocycles. The maximum absolute atomic E-state index is 13.0. The van der Waals surface area contributed by atoms with E-state index in [-0.39, 0.29) is 34.5 Å². The number of alkyl halides is 6. The Balaban J connectivity index is 0.000000781. The van der Waals surface area contributed by atoms with Gasteiger partial charge in [0.2, 0.25) is 0 Å². The minimum absolute atomic E-state index is 0.100. The van der Waals surface area contributed by atoms with E-state index in [4.69, 9.17) is 44.5 Å². The summed E-state index contributed by atoms with van der Waals surface area (Å²) in [4.78, 5) is 43.0. The van der Waals surface area contributed by atoms with Crippen LogP contribution in [0, 0.1) is 0 Å². The third-order valence-corrected chi connectivity index (χ3v) is 18.1. The van der Waals surface area contributed by atoms with Crippen LogP contribution >= 0.6 is 0 Å². The number of benzene rings is 4. The van der Waals surface area contributed by atoms with Crippen LogP contribution < -0.4 is 18.9 Å². The Morgan fingerprint density at radius 2 is 0.684 bits per heavy atom. The average molecular weight is 1630 g/mol. The molecule has 0 unspecified atom stereocenters. The Labute approximate surface area is 694 Å². The molecule has 19 heteroatoms. The summed E-state index contributed by atoms with van der Waals surface area (Å²) in [6.07, 6.45) is 20.0. The van der Waals surface area contributed by atoms with Gasteiger partial charge in [-0.15, -0.1) is 0 Å². The molecule has 0 saturated heterocycles. The lowest BCUT2D eigenvalue weighted by Gasteiger charge is -2.30. The van der Waals surface area contributed by atoms with Crippen molar-refractivity contribution in [2.45, 2.75) is 265 Å². The van der Waals surface area contributed by atoms with Gasteiger partial charge in [0.05, 0.1) is 19.9 Å². The highest BCUT2D eigenvalue weighted by molar-refractivity contribution is 5.83. The highest BCUT2D eigenvalue weighted by Gasteiger charge is 2.33. The Bertz CT molecular complexity index is 4220. The van der Waals surface area contributed by atoms with Gasteiger partial charge in [0, 0.05) is 77.1 Å². The summed E-state index contributed by atoms with van der Waals surface area (Å²) in [5, 5.41) is 44.4. The number of carboxylic acids is 4. The normalized spacial score (nSPS) is 13.6. The van der Waals surface area contributed by atoms with Gasteiger partial charge in [-0.2, -0.15) is 13.2 Å². The first kappa shape index (κ1) is 105. The fourth-order valence-electron chi connectivity index (χ4n) is 11.4. The summed E-state index contributed by atoms with van der Waals surface area (Å²) in [5.74, 6) is -0.230. The van der Waals surface area contributed by atoms with Crippen LogP contribution in [0.25, 0.3) is 22.3 Å². The molecule has 0 aromatic heterocycles. The average Bonchev–Trinajstić information content (AvgIpc) is 0.779. The molecule has 0 amide bonds. The van der Waals surface area contributed by atoms with Crippen molar-refractivity contribution in [2.24, 2.45) is 0 Å². The van der Waals surface area contributed by atoms with Crippen molar-refractivity contribution >= 4 is 46.2 Å². The minimum Gasteiger partial charge on any atom is -0.493 e. The number of rotatable bonds is 33. The molecule has 0 aliphatic rings. The van der Waals surface area contributed by atoms with Gasteiger partial charge in [-0.1, -0.05) is 236 Å². The smallest absolute Gasteiger partial charge is 0.422 e. The van der Waals surface area contributed by atoms with E-state index in [1.807, 2.05) is 138 Å². The zero-order chi connectivity index (χ0) is 90.0. The summed E-state index contributed by atoms with van der Waals surface area (Å²) >= 11 is 0. The van der Waals surface area contributed by atoms with Crippen LogP contribution in [0.5, 0.6) is 23.0 Å². The number of carbonyl (C=O) groups is 4. The summed E-state index contributed by atoms with van der Waals surface area (Å²) < 4.78 is 100. The third-order valence-electron chi connectivity index (χ3n) is 18.1. The number of ether oxygens (including phenoxy) is 4. The molecule has 4 rings (SSSR count). The lowest BCUT2D eigenvalue weighted by atomic mass is 9.78. The Morgan fingerprint density at radius 3 is 0.923 bits per heavy atom. The van der Waals surface area contributed by atoms with Crippen molar-refractivity contribution in [1.29, 1.82) is 0 Å². The fourth-order valence-corrected chi connectivity index (χ4v) is 11.4. The second-order valence-electron chi connectivity index (χ2n) is 34.6. The molecule has 646 valence electrons. The first-order valence-electron chi connectivity index (χ1n) is 39.7. The first-order valence-corrected chi connectivity index (χ1v) is 39.7. The summed E-state index contributed by atoms with van der Waals surface area (Å²) in [7, 11) is 0. The van der Waals surface area contributed by atoms with Gasteiger partial charge in [-0.25, -0.2) is 28.0 Å². The Morgan fingerprint density at radius 1 is 0.393 bits per heavy atom.